The van der Waals surface area contributed by atoms with Gasteiger partial charge in [0, 0.05) is 37.8 Å². The first kappa shape index (κ1) is 55.9. The number of methoxy groups -OCH3 is 2. The summed E-state index contributed by atoms with van der Waals surface area (Å²) in [6.45, 7) is 3.11. The largest absolute Gasteiger partial charge is 2.00 e. The van der Waals surface area contributed by atoms with Gasteiger partial charge in [0.2, 0.25) is 0 Å². The number of phenols is 1. The number of phenolic OH excluding ortho intramolecular Hbond substituents is 1. The van der Waals surface area contributed by atoms with Crippen molar-refractivity contribution in [1.82, 2.24) is 0 Å². The molecule has 0 aliphatic rings. The molecule has 8 aromatic carbocycles. The molecule has 0 unspecified atom stereocenters. The molecular weight excluding hydrogens is 1150 g/mol. The number of nitrogens with zero attached hydrogens (tertiary/aromatic N) is 4. The van der Waals surface area contributed by atoms with E-state index in [0.29, 0.717) is 55.5 Å². The van der Waals surface area contributed by atoms with E-state index in [2.05, 4.69) is 31.1 Å². The van der Waals surface area contributed by atoms with Gasteiger partial charge in [-0.1, -0.05) is 77.5 Å². The van der Waals surface area contributed by atoms with Crippen molar-refractivity contribution in [3.05, 3.63) is 166 Å². The molecule has 8 aromatic rings. The van der Waals surface area contributed by atoms with Gasteiger partial charge < -0.3 is 34.9 Å². The fraction of sp³-hybridized carbons (Fsp3) is 0.0800. The van der Waals surface area contributed by atoms with E-state index in [-0.39, 0.29) is 92.8 Å². The van der Waals surface area contributed by atoms with Gasteiger partial charge in [-0.25, -0.2) is 8.42 Å². The van der Waals surface area contributed by atoms with Crippen molar-refractivity contribution in [2.24, 2.45) is 20.5 Å². The van der Waals surface area contributed by atoms with E-state index in [0.717, 1.165) is 6.07 Å². The number of aryl methyl sites for hydroxylation is 2. The fourth-order valence-electron chi connectivity index (χ4n) is 6.97. The van der Waals surface area contributed by atoms with Gasteiger partial charge in [-0.05, 0) is 121 Å². The first-order chi connectivity index (χ1) is 34.2. The first-order valence-electron chi connectivity index (χ1n) is 20.9. The summed E-state index contributed by atoms with van der Waals surface area (Å²) >= 11 is 12.2. The van der Waals surface area contributed by atoms with Crippen LogP contribution in [0.25, 0.3) is 21.5 Å². The summed E-state index contributed by atoms with van der Waals surface area (Å²) in [6.07, 6.45) is 0. The van der Waals surface area contributed by atoms with Gasteiger partial charge in [0.05, 0.1) is 30.4 Å². The number of carbonyl (C=O) groups is 2. The Bertz CT molecular complexity index is 3490. The summed E-state index contributed by atoms with van der Waals surface area (Å²) in [7, 11) is -6.50. The van der Waals surface area contributed by atoms with Gasteiger partial charge in [0.15, 0.2) is 5.75 Å². The molecule has 8 rings (SSSR count). The molecule has 0 atom stereocenters. The third-order valence-corrected chi connectivity index (χ3v) is 13.3. The molecule has 0 aromatic heterocycles. The summed E-state index contributed by atoms with van der Waals surface area (Å²) in [5, 5.41) is 47.9. The maximum Gasteiger partial charge on any atom is 2.00 e. The van der Waals surface area contributed by atoms with E-state index < -0.39 is 53.3 Å². The number of azo groups is 2. The predicted octanol–water partition coefficient (Wildman–Crippen LogP) is 11.5. The molecule has 0 radical (unpaired) electrons. The average molecular weight is 1190 g/mol. The molecule has 0 heterocycles. The van der Waals surface area contributed by atoms with Crippen molar-refractivity contribution in [3.63, 3.8) is 0 Å². The van der Waals surface area contributed by atoms with Crippen LogP contribution < -0.4 is 25.2 Å². The Labute approximate surface area is 468 Å². The second-order valence-electron chi connectivity index (χ2n) is 15.5. The quantitative estimate of drug-likeness (QED) is 0.0505. The molecule has 0 fully saturated rings. The number of benzene rings is 8. The minimum atomic E-state index is -4.90. The number of ether oxygens (including phenoxy) is 2. The van der Waals surface area contributed by atoms with Crippen LogP contribution >= 0.6 is 23.2 Å². The molecule has 0 saturated heterocycles. The number of hydrogen-bond acceptors (Lipinski definition) is 15. The Morgan fingerprint density at radius 3 is 1.47 bits per heavy atom. The molecular formula is C50H38BaCl2N6O12S2. The molecule has 23 heteroatoms. The van der Waals surface area contributed by atoms with E-state index in [1.807, 2.05) is 0 Å². The maximum absolute atomic E-state index is 13.3. The summed E-state index contributed by atoms with van der Waals surface area (Å²) < 4.78 is 78.8. The zero-order valence-corrected chi connectivity index (χ0v) is 46.3. The maximum atomic E-state index is 13.3. The fourth-order valence-corrected chi connectivity index (χ4v) is 8.66. The van der Waals surface area contributed by atoms with Crippen LogP contribution in [-0.2, 0) is 20.2 Å². The smallest absolute Gasteiger partial charge is 0.870 e. The van der Waals surface area contributed by atoms with Crippen molar-refractivity contribution in [1.29, 1.82) is 0 Å². The number of hydrogen-bond donors (Lipinski definition) is 4. The van der Waals surface area contributed by atoms with Gasteiger partial charge in [-0.3, -0.25) is 14.1 Å². The van der Waals surface area contributed by atoms with Gasteiger partial charge in [-0.2, -0.15) is 13.5 Å². The molecule has 368 valence electrons. The van der Waals surface area contributed by atoms with Gasteiger partial charge in [0.1, 0.15) is 43.6 Å². The third-order valence-electron chi connectivity index (χ3n) is 10.7. The number of carbonyl (C=O) groups excluding carboxylic acids is 2. The number of anilines is 2. The van der Waals surface area contributed by atoms with Gasteiger partial charge in [0.25, 0.3) is 21.9 Å². The van der Waals surface area contributed by atoms with E-state index in [9.17, 15) is 45.7 Å². The molecule has 0 bridgehead atoms. The van der Waals surface area contributed by atoms with Gasteiger partial charge in [-0.15, -0.1) is 15.3 Å². The van der Waals surface area contributed by atoms with Crippen LogP contribution in [0.3, 0.4) is 0 Å². The molecule has 18 nitrogen and oxygen atoms in total. The zero-order valence-electron chi connectivity index (χ0n) is 38.7. The topological polar surface area (TPSA) is 281 Å². The van der Waals surface area contributed by atoms with Gasteiger partial charge >= 0.3 is 48.9 Å². The summed E-state index contributed by atoms with van der Waals surface area (Å²) in [4.78, 5) is 24.9. The second kappa shape index (κ2) is 23.6. The monoisotopic (exact) mass is 1190 g/mol. The average Bonchev–Trinajstić information content (AvgIpc) is 3.34. The Balaban J connectivity index is 0.000000235. The Morgan fingerprint density at radius 2 is 1.00 bits per heavy atom. The van der Waals surface area contributed by atoms with E-state index in [1.54, 1.807) is 104 Å². The summed E-state index contributed by atoms with van der Waals surface area (Å²) in [6, 6.07) is 34.4. The number of aromatic hydroxyl groups is 1. The summed E-state index contributed by atoms with van der Waals surface area (Å²) in [5.74, 6) is -1.25. The van der Waals surface area contributed by atoms with Crippen molar-refractivity contribution in [3.8, 4) is 23.0 Å². The predicted molar refractivity (Wildman–Crippen MR) is 275 cm³/mol. The minimum absolute atomic E-state index is 0. The normalized spacial score (nSPS) is 11.5. The van der Waals surface area contributed by atoms with E-state index in [4.69, 9.17) is 32.7 Å². The zero-order chi connectivity index (χ0) is 52.1. The summed E-state index contributed by atoms with van der Waals surface area (Å²) in [5.41, 5.74) is 0.602. The van der Waals surface area contributed by atoms with Crippen LogP contribution in [0.15, 0.2) is 164 Å². The third kappa shape index (κ3) is 13.2. The number of halogens is 2. The van der Waals surface area contributed by atoms with Crippen molar-refractivity contribution < 1.29 is 55.2 Å². The van der Waals surface area contributed by atoms with Crippen LogP contribution in [0.4, 0.5) is 34.1 Å². The van der Waals surface area contributed by atoms with Crippen LogP contribution in [0.1, 0.15) is 31.8 Å². The molecule has 2 amide bonds. The number of rotatable bonds is 12. The molecule has 73 heavy (non-hydrogen) atoms. The molecule has 0 saturated carbocycles. The number of amides is 2. The van der Waals surface area contributed by atoms with Crippen LogP contribution in [0, 0.1) is 13.8 Å². The SMILES string of the molecule is COc1ccc(NC(=O)c2cc3ccccc3c(N=Nc3cc(Cl)c(C)cc3S(=O)(=O)O)c2O)cc1.COc1ccc(NC(=O)c2cc3ccccc3c(N=Nc3cc(Cl)c(C)cc3S(=O)(=O)[O-])c2[O-])cc1.[Ba+2]. The van der Waals surface area contributed by atoms with Crippen molar-refractivity contribution in [2.45, 2.75) is 23.6 Å². The number of fused-ring (bicyclic) bond motifs is 2. The molecule has 4 N–H and O–H groups in total. The Kier molecular flexibility index (Phi) is 18.1. The first-order valence-corrected chi connectivity index (χ1v) is 24.5. The Morgan fingerprint density at radius 1 is 0.589 bits per heavy atom. The van der Waals surface area contributed by atoms with Crippen LogP contribution in [0.5, 0.6) is 23.0 Å². The van der Waals surface area contributed by atoms with E-state index in [1.165, 1.54) is 51.5 Å². The standard InChI is InChI=1S/2C25H20ClN3O6S.Ba/c2*1-14-11-22(36(32,33)34)21(13-20(14)26)28-29-23-18-6-4-3-5-15(18)12-19(24(23)30)25(31)27-16-7-9-17(35-2)10-8-16;/h2*3-13,30H,1-2H3,(H,27,31)(H,32,33,34);/q;;+2/p-2. The van der Waals surface area contributed by atoms with Crippen molar-refractivity contribution in [2.75, 3.05) is 24.9 Å². The Hall–Kier alpha value is -6.41. The van der Waals surface area contributed by atoms with Crippen LogP contribution in [-0.4, -0.2) is 106 Å². The van der Waals surface area contributed by atoms with E-state index >= 15 is 0 Å². The minimum Gasteiger partial charge on any atom is -0.870 e. The van der Waals surface area contributed by atoms with Crippen molar-refractivity contribution >= 4 is 160 Å². The van der Waals surface area contributed by atoms with Crippen LogP contribution in [0.2, 0.25) is 10.0 Å². The molecule has 0 aliphatic carbocycles. The molecule has 0 aliphatic heterocycles. The second-order valence-corrected chi connectivity index (χ2v) is 19.1. The molecule has 0 spiro atoms. The number of nitrogens with one attached hydrogen (secondary N) is 2.